The lowest BCUT2D eigenvalue weighted by molar-refractivity contribution is -0.232. The van der Waals surface area contributed by atoms with Gasteiger partial charge in [0, 0.05) is 35.0 Å². The van der Waals surface area contributed by atoms with Crippen LogP contribution in [0.25, 0.3) is 10.9 Å². The van der Waals surface area contributed by atoms with Gasteiger partial charge in [0.1, 0.15) is 5.82 Å². The summed E-state index contributed by atoms with van der Waals surface area (Å²) in [5.74, 6) is -2.52. The molecule has 0 aliphatic heterocycles. The quantitative estimate of drug-likeness (QED) is 0.323. The van der Waals surface area contributed by atoms with Crippen LogP contribution >= 0.6 is 0 Å². The van der Waals surface area contributed by atoms with Crippen LogP contribution in [-0.4, -0.2) is 35.2 Å². The number of rotatable bonds is 7. The maximum absolute atomic E-state index is 14.1. The maximum Gasteiger partial charge on any atom is 0.422 e. The number of hydrogen-bond acceptors (Lipinski definition) is 4. The van der Waals surface area contributed by atoms with E-state index in [1.54, 1.807) is 26.0 Å². The molecule has 1 N–H and O–H groups in total. The first-order chi connectivity index (χ1) is 15.5. The molecule has 0 bridgehead atoms. The summed E-state index contributed by atoms with van der Waals surface area (Å²) in [4.78, 5) is 8.00. The van der Waals surface area contributed by atoms with Crippen LogP contribution in [0.15, 0.2) is 47.5 Å². The summed E-state index contributed by atoms with van der Waals surface area (Å²) < 4.78 is 75.2. The molecule has 33 heavy (non-hydrogen) atoms. The highest BCUT2D eigenvalue weighted by Crippen LogP contribution is 2.42. The number of halogens is 5. The van der Waals surface area contributed by atoms with Crippen molar-refractivity contribution in [1.82, 2.24) is 4.98 Å². The Balaban J connectivity index is 2.05. The molecule has 176 valence electrons. The minimum absolute atomic E-state index is 0.100. The van der Waals surface area contributed by atoms with Crippen LogP contribution in [0.3, 0.4) is 0 Å². The number of aryl methyl sites for hydroxylation is 1. The zero-order valence-electron chi connectivity index (χ0n) is 18.3. The molecule has 0 aliphatic carbocycles. The zero-order chi connectivity index (χ0) is 24.4. The first kappa shape index (κ1) is 24.6. The minimum Gasteiger partial charge on any atom is -0.493 e. The molecule has 4 nitrogen and oxygen atoms in total. The fourth-order valence-corrected chi connectivity index (χ4v) is 3.72. The Labute approximate surface area is 187 Å². The predicted molar refractivity (Wildman–Crippen MR) is 116 cm³/mol. The number of aromatic nitrogens is 1. The lowest BCUT2D eigenvalue weighted by Crippen LogP contribution is -2.47. The van der Waals surface area contributed by atoms with Crippen molar-refractivity contribution < 1.29 is 31.8 Å². The van der Waals surface area contributed by atoms with Crippen molar-refractivity contribution in [2.75, 3.05) is 7.11 Å². The number of para-hydroxylation sites is 1. The number of nitrogens with zero attached hydrogens (tertiary/aromatic N) is 2. The van der Waals surface area contributed by atoms with Crippen molar-refractivity contribution in [3.8, 4) is 5.75 Å². The first-order valence-electron chi connectivity index (χ1n) is 10.2. The molecule has 2 aromatic carbocycles. The second-order valence-electron chi connectivity index (χ2n) is 7.80. The Morgan fingerprint density at radius 1 is 1.15 bits per heavy atom. The lowest BCUT2D eigenvalue weighted by atomic mass is 9.84. The van der Waals surface area contributed by atoms with Crippen molar-refractivity contribution in [3.63, 3.8) is 0 Å². The molecular weight excluding hydrogens is 443 g/mol. The number of alkyl halides is 3. The van der Waals surface area contributed by atoms with Crippen LogP contribution in [0.4, 0.5) is 27.6 Å². The van der Waals surface area contributed by atoms with Crippen LogP contribution in [0.5, 0.6) is 5.75 Å². The van der Waals surface area contributed by atoms with Crippen LogP contribution in [0.2, 0.25) is 0 Å². The SMILES string of the molecule is CC[C@H](C[C@@](O)(/C=N\c1cc(F)cc2nc(C)ccc12)C(F)(F)F)c1cccc(F)c1OC. The molecule has 0 spiro atoms. The van der Waals surface area contributed by atoms with Gasteiger partial charge < -0.3 is 9.84 Å². The molecule has 0 radical (unpaired) electrons. The van der Waals surface area contributed by atoms with Gasteiger partial charge in [-0.05, 0) is 43.9 Å². The Kier molecular flexibility index (Phi) is 7.02. The second kappa shape index (κ2) is 9.43. The van der Waals surface area contributed by atoms with E-state index in [9.17, 15) is 27.1 Å². The first-order valence-corrected chi connectivity index (χ1v) is 10.2. The summed E-state index contributed by atoms with van der Waals surface area (Å²) in [6.07, 6.45) is -5.39. The van der Waals surface area contributed by atoms with Gasteiger partial charge in [0.05, 0.1) is 18.3 Å². The number of benzene rings is 2. The molecule has 1 aromatic heterocycles. The normalized spacial score (nSPS) is 15.1. The van der Waals surface area contributed by atoms with Crippen LogP contribution < -0.4 is 4.74 Å². The Morgan fingerprint density at radius 2 is 1.88 bits per heavy atom. The Hall–Kier alpha value is -3.07. The molecule has 0 aliphatic rings. The van der Waals surface area contributed by atoms with Gasteiger partial charge >= 0.3 is 6.18 Å². The van der Waals surface area contributed by atoms with E-state index in [0.29, 0.717) is 17.3 Å². The van der Waals surface area contributed by atoms with Crippen molar-refractivity contribution in [2.24, 2.45) is 4.99 Å². The monoisotopic (exact) mass is 466 g/mol. The Morgan fingerprint density at radius 3 is 2.52 bits per heavy atom. The van der Waals surface area contributed by atoms with E-state index >= 15 is 0 Å². The van der Waals surface area contributed by atoms with Gasteiger partial charge in [0.25, 0.3) is 0 Å². The summed E-state index contributed by atoms with van der Waals surface area (Å²) in [6, 6.07) is 9.28. The van der Waals surface area contributed by atoms with E-state index in [4.69, 9.17) is 4.74 Å². The van der Waals surface area contributed by atoms with E-state index in [1.165, 1.54) is 19.2 Å². The fraction of sp³-hybridized carbons (Fsp3) is 0.333. The van der Waals surface area contributed by atoms with E-state index < -0.39 is 35.8 Å². The standard InChI is InChI=1S/C24H23F5N2O2/c1-4-15(17-6-5-7-19(26)22(17)33-3)12-23(32,24(27,28)29)13-30-20-10-16(25)11-21-18(20)9-8-14(2)31-21/h5-11,13,15,32H,4,12H2,1-3H3/b30-13-/t15-,23-/m1/s1. The van der Waals surface area contributed by atoms with E-state index in [2.05, 4.69) is 9.98 Å². The van der Waals surface area contributed by atoms with Crippen molar-refractivity contribution >= 4 is 22.8 Å². The molecule has 2 atom stereocenters. The molecule has 3 rings (SSSR count). The summed E-state index contributed by atoms with van der Waals surface area (Å²) >= 11 is 0. The van der Waals surface area contributed by atoms with Crippen LogP contribution in [0.1, 0.15) is 36.9 Å². The van der Waals surface area contributed by atoms with Crippen molar-refractivity contribution in [1.29, 1.82) is 0 Å². The van der Waals surface area contributed by atoms with Gasteiger partial charge in [-0.3, -0.25) is 9.98 Å². The van der Waals surface area contributed by atoms with Gasteiger partial charge in [0.2, 0.25) is 0 Å². The number of aliphatic hydroxyl groups is 1. The third kappa shape index (κ3) is 5.13. The molecule has 3 aromatic rings. The van der Waals surface area contributed by atoms with Crippen molar-refractivity contribution in [2.45, 2.75) is 44.4 Å². The molecule has 9 heteroatoms. The second-order valence-corrected chi connectivity index (χ2v) is 7.80. The number of fused-ring (bicyclic) bond motifs is 1. The summed E-state index contributed by atoms with van der Waals surface area (Å²) in [5.41, 5.74) is -2.43. The minimum atomic E-state index is -5.09. The van der Waals surface area contributed by atoms with E-state index in [-0.39, 0.29) is 28.9 Å². The molecule has 1 heterocycles. The smallest absolute Gasteiger partial charge is 0.422 e. The highest BCUT2D eigenvalue weighted by Gasteiger charge is 2.53. The van der Waals surface area contributed by atoms with E-state index in [0.717, 1.165) is 18.2 Å². The fourth-order valence-electron chi connectivity index (χ4n) is 3.72. The summed E-state index contributed by atoms with van der Waals surface area (Å²) in [6.45, 7) is 3.32. The number of ether oxygens (including phenoxy) is 1. The molecule has 0 fully saturated rings. The van der Waals surface area contributed by atoms with Crippen LogP contribution in [-0.2, 0) is 0 Å². The zero-order valence-corrected chi connectivity index (χ0v) is 18.3. The molecule has 0 saturated heterocycles. The highest BCUT2D eigenvalue weighted by molar-refractivity contribution is 5.92. The van der Waals surface area contributed by atoms with Crippen molar-refractivity contribution in [3.05, 3.63) is 65.4 Å². The molecular formula is C24H23F5N2O2. The van der Waals surface area contributed by atoms with Gasteiger partial charge in [0.15, 0.2) is 17.2 Å². The predicted octanol–water partition coefficient (Wildman–Crippen LogP) is 6.41. The largest absolute Gasteiger partial charge is 0.493 e. The molecule has 0 amide bonds. The van der Waals surface area contributed by atoms with Gasteiger partial charge in [-0.15, -0.1) is 0 Å². The maximum atomic E-state index is 14.1. The number of hydrogen-bond donors (Lipinski definition) is 1. The topological polar surface area (TPSA) is 54.7 Å². The lowest BCUT2D eigenvalue weighted by Gasteiger charge is -2.31. The highest BCUT2D eigenvalue weighted by atomic mass is 19.4. The molecule has 0 saturated carbocycles. The third-order valence-corrected chi connectivity index (χ3v) is 5.49. The number of aliphatic imine (C=N–C) groups is 1. The van der Waals surface area contributed by atoms with Gasteiger partial charge in [-0.1, -0.05) is 19.1 Å². The third-order valence-electron chi connectivity index (χ3n) is 5.49. The van der Waals surface area contributed by atoms with Gasteiger partial charge in [-0.25, -0.2) is 8.78 Å². The number of methoxy groups -OCH3 is 1. The van der Waals surface area contributed by atoms with E-state index in [1.807, 2.05) is 0 Å². The average molecular weight is 466 g/mol. The van der Waals surface area contributed by atoms with Gasteiger partial charge in [-0.2, -0.15) is 13.2 Å². The van der Waals surface area contributed by atoms with Crippen LogP contribution in [0, 0.1) is 18.6 Å². The average Bonchev–Trinajstić information content (AvgIpc) is 2.74. The molecule has 0 unspecified atom stereocenters. The summed E-state index contributed by atoms with van der Waals surface area (Å²) in [5, 5.41) is 11.0. The Bertz CT molecular complexity index is 1170. The number of pyridine rings is 1. The summed E-state index contributed by atoms with van der Waals surface area (Å²) in [7, 11) is 1.22.